The van der Waals surface area contributed by atoms with Crippen LogP contribution >= 0.6 is 11.6 Å². The molecule has 0 unspecified atom stereocenters. The highest BCUT2D eigenvalue weighted by Crippen LogP contribution is 2.30. The van der Waals surface area contributed by atoms with Gasteiger partial charge in [-0.1, -0.05) is 49.7 Å². The molecule has 4 nitrogen and oxygen atoms in total. The first-order valence-corrected chi connectivity index (χ1v) is 8.87. The minimum Gasteiger partial charge on any atom is -0.439 e. The van der Waals surface area contributed by atoms with Gasteiger partial charge in [-0.15, -0.1) is 0 Å². The molecule has 1 heterocycles. The van der Waals surface area contributed by atoms with E-state index in [0.717, 1.165) is 5.56 Å². The van der Waals surface area contributed by atoms with Crippen molar-refractivity contribution in [3.63, 3.8) is 0 Å². The van der Waals surface area contributed by atoms with Gasteiger partial charge < -0.3 is 4.42 Å². The third kappa shape index (κ3) is 3.65. The standard InChI is InChI=1S/C21H20ClNO3/c1-12(2)11-17(24)23-21-18(14-7-9-15(22)10-8-14)19(25)16-6-4-5-13(3)20(16)26-21/h4-10,12H,11H2,1-3H3,(H,23,24). The van der Waals surface area contributed by atoms with Gasteiger partial charge in [-0.25, -0.2) is 0 Å². The normalized spacial score (nSPS) is 11.1. The second-order valence-electron chi connectivity index (χ2n) is 6.74. The summed E-state index contributed by atoms with van der Waals surface area (Å²) >= 11 is 5.96. The number of aryl methyl sites for hydroxylation is 1. The van der Waals surface area contributed by atoms with Crippen LogP contribution < -0.4 is 10.7 Å². The van der Waals surface area contributed by atoms with Crippen molar-refractivity contribution >= 4 is 34.4 Å². The fourth-order valence-electron chi connectivity index (χ4n) is 2.87. The predicted octanol–water partition coefficient (Wildman–Crippen LogP) is 5.41. The van der Waals surface area contributed by atoms with E-state index < -0.39 is 0 Å². The number of fused-ring (bicyclic) bond motifs is 1. The van der Waals surface area contributed by atoms with Crippen LogP contribution in [0.1, 0.15) is 25.8 Å². The maximum absolute atomic E-state index is 13.1. The van der Waals surface area contributed by atoms with Crippen LogP contribution in [0.3, 0.4) is 0 Å². The van der Waals surface area contributed by atoms with E-state index in [1.807, 2.05) is 32.9 Å². The van der Waals surface area contributed by atoms with E-state index in [4.69, 9.17) is 16.0 Å². The van der Waals surface area contributed by atoms with E-state index in [1.165, 1.54) is 0 Å². The van der Waals surface area contributed by atoms with Crippen molar-refractivity contribution in [2.45, 2.75) is 27.2 Å². The highest BCUT2D eigenvalue weighted by atomic mass is 35.5. The first-order valence-electron chi connectivity index (χ1n) is 8.49. The Morgan fingerprint density at radius 1 is 1.15 bits per heavy atom. The van der Waals surface area contributed by atoms with Crippen molar-refractivity contribution in [2.24, 2.45) is 5.92 Å². The van der Waals surface area contributed by atoms with E-state index in [2.05, 4.69) is 5.32 Å². The molecule has 0 aliphatic carbocycles. The van der Waals surface area contributed by atoms with Gasteiger partial charge in [0.2, 0.25) is 17.2 Å². The maximum atomic E-state index is 13.1. The summed E-state index contributed by atoms with van der Waals surface area (Å²) in [6, 6.07) is 12.3. The van der Waals surface area contributed by atoms with Crippen molar-refractivity contribution in [2.75, 3.05) is 5.32 Å². The largest absolute Gasteiger partial charge is 0.439 e. The van der Waals surface area contributed by atoms with Crippen LogP contribution in [0.4, 0.5) is 5.88 Å². The smallest absolute Gasteiger partial charge is 0.226 e. The van der Waals surface area contributed by atoms with Gasteiger partial charge >= 0.3 is 0 Å². The third-order valence-corrected chi connectivity index (χ3v) is 4.35. The zero-order chi connectivity index (χ0) is 18.8. The molecule has 0 spiro atoms. The Labute approximate surface area is 156 Å². The fraction of sp³-hybridized carbons (Fsp3) is 0.238. The zero-order valence-electron chi connectivity index (χ0n) is 14.9. The number of amides is 1. The van der Waals surface area contributed by atoms with Crippen molar-refractivity contribution in [3.05, 3.63) is 63.3 Å². The Morgan fingerprint density at radius 3 is 2.50 bits per heavy atom. The van der Waals surface area contributed by atoms with E-state index >= 15 is 0 Å². The van der Waals surface area contributed by atoms with Crippen molar-refractivity contribution in [1.29, 1.82) is 0 Å². The summed E-state index contributed by atoms with van der Waals surface area (Å²) in [6.07, 6.45) is 0.343. The Bertz CT molecular complexity index is 1020. The number of carbonyl (C=O) groups is 1. The summed E-state index contributed by atoms with van der Waals surface area (Å²) in [6.45, 7) is 5.79. The maximum Gasteiger partial charge on any atom is 0.226 e. The molecule has 134 valence electrons. The Balaban J connectivity index is 2.23. The third-order valence-electron chi connectivity index (χ3n) is 4.09. The summed E-state index contributed by atoms with van der Waals surface area (Å²) in [5.74, 6) is 0.180. The molecular weight excluding hydrogens is 350 g/mol. The van der Waals surface area contributed by atoms with Crippen LogP contribution in [-0.4, -0.2) is 5.91 Å². The number of benzene rings is 2. The lowest BCUT2D eigenvalue weighted by Gasteiger charge is -2.13. The molecule has 0 atom stereocenters. The Hall–Kier alpha value is -2.59. The molecule has 26 heavy (non-hydrogen) atoms. The number of hydrogen-bond acceptors (Lipinski definition) is 3. The molecule has 1 amide bonds. The molecule has 1 aromatic heterocycles. The lowest BCUT2D eigenvalue weighted by atomic mass is 10.0. The lowest BCUT2D eigenvalue weighted by molar-refractivity contribution is -0.116. The van der Waals surface area contributed by atoms with Crippen LogP contribution in [0.2, 0.25) is 5.02 Å². The number of rotatable bonds is 4. The molecule has 5 heteroatoms. The second kappa shape index (κ2) is 7.34. The lowest BCUT2D eigenvalue weighted by Crippen LogP contribution is -2.17. The molecule has 3 rings (SSSR count). The minimum absolute atomic E-state index is 0.171. The SMILES string of the molecule is Cc1cccc2c(=O)c(-c3ccc(Cl)cc3)c(NC(=O)CC(C)C)oc12. The van der Waals surface area contributed by atoms with Crippen molar-refractivity contribution < 1.29 is 9.21 Å². The first kappa shape index (κ1) is 18.2. The van der Waals surface area contributed by atoms with Crippen molar-refractivity contribution in [3.8, 4) is 11.1 Å². The number of anilines is 1. The molecule has 0 fully saturated rings. The van der Waals surface area contributed by atoms with Crippen LogP contribution in [0, 0.1) is 12.8 Å². The van der Waals surface area contributed by atoms with E-state index in [0.29, 0.717) is 33.5 Å². The number of para-hydroxylation sites is 1. The molecule has 0 radical (unpaired) electrons. The average Bonchev–Trinajstić information content (AvgIpc) is 2.57. The zero-order valence-corrected chi connectivity index (χ0v) is 15.7. The summed E-state index contributed by atoms with van der Waals surface area (Å²) in [5.41, 5.74) is 2.11. The molecular formula is C21H20ClNO3. The summed E-state index contributed by atoms with van der Waals surface area (Å²) in [7, 11) is 0. The van der Waals surface area contributed by atoms with Gasteiger partial charge in [-0.3, -0.25) is 14.9 Å². The monoisotopic (exact) mass is 369 g/mol. The summed E-state index contributed by atoms with van der Waals surface area (Å²) in [4.78, 5) is 25.4. The van der Waals surface area contributed by atoms with E-state index in [9.17, 15) is 9.59 Å². The number of halogens is 1. The van der Waals surface area contributed by atoms with Crippen LogP contribution in [-0.2, 0) is 4.79 Å². The van der Waals surface area contributed by atoms with Crippen LogP contribution in [0.25, 0.3) is 22.1 Å². The van der Waals surface area contributed by atoms with Gasteiger partial charge in [-0.05, 0) is 42.2 Å². The van der Waals surface area contributed by atoms with E-state index in [1.54, 1.807) is 30.3 Å². The molecule has 0 aliphatic heterocycles. The molecule has 2 aromatic carbocycles. The van der Waals surface area contributed by atoms with Gasteiger partial charge in [0.15, 0.2) is 0 Å². The van der Waals surface area contributed by atoms with Gasteiger partial charge in [0, 0.05) is 11.4 Å². The van der Waals surface area contributed by atoms with Gasteiger partial charge in [0.1, 0.15) is 5.58 Å². The predicted molar refractivity (Wildman–Crippen MR) is 106 cm³/mol. The van der Waals surface area contributed by atoms with Crippen LogP contribution in [0.5, 0.6) is 0 Å². The fourth-order valence-corrected chi connectivity index (χ4v) is 3.00. The Kier molecular flexibility index (Phi) is 5.14. The highest BCUT2D eigenvalue weighted by Gasteiger charge is 2.19. The number of carbonyl (C=O) groups excluding carboxylic acids is 1. The van der Waals surface area contributed by atoms with Gasteiger partial charge in [0.05, 0.1) is 10.9 Å². The quantitative estimate of drug-likeness (QED) is 0.669. The second-order valence-corrected chi connectivity index (χ2v) is 7.18. The molecule has 1 N–H and O–H groups in total. The summed E-state index contributed by atoms with van der Waals surface area (Å²) in [5, 5.41) is 3.83. The molecule has 0 saturated heterocycles. The van der Waals surface area contributed by atoms with Crippen LogP contribution in [0.15, 0.2) is 51.7 Å². The summed E-state index contributed by atoms with van der Waals surface area (Å²) < 4.78 is 5.98. The Morgan fingerprint density at radius 2 is 1.85 bits per heavy atom. The minimum atomic E-state index is -0.189. The molecule has 0 aliphatic rings. The van der Waals surface area contributed by atoms with Gasteiger partial charge in [-0.2, -0.15) is 0 Å². The average molecular weight is 370 g/mol. The number of nitrogens with one attached hydrogen (secondary N) is 1. The molecule has 0 bridgehead atoms. The van der Waals surface area contributed by atoms with Crippen molar-refractivity contribution in [1.82, 2.24) is 0 Å². The topological polar surface area (TPSA) is 59.3 Å². The molecule has 3 aromatic rings. The van der Waals surface area contributed by atoms with Gasteiger partial charge in [0.25, 0.3) is 0 Å². The first-order chi connectivity index (χ1) is 12.4. The van der Waals surface area contributed by atoms with E-state index in [-0.39, 0.29) is 23.1 Å². The molecule has 0 saturated carbocycles. The number of hydrogen-bond donors (Lipinski definition) is 1. The highest BCUT2D eigenvalue weighted by molar-refractivity contribution is 6.30.